The number of aliphatic hydroxyl groups excluding tert-OH is 1. The first kappa shape index (κ1) is 17.9. The van der Waals surface area contributed by atoms with Gasteiger partial charge in [-0.1, -0.05) is 30.3 Å². The molecule has 134 valence electrons. The van der Waals surface area contributed by atoms with E-state index in [1.807, 2.05) is 37.3 Å². The number of aryl methyl sites for hydroxylation is 1. The number of rotatable bonds is 6. The Kier molecular flexibility index (Phi) is 4.91. The average molecular weight is 351 g/mol. The van der Waals surface area contributed by atoms with Gasteiger partial charge >= 0.3 is 5.97 Å². The minimum atomic E-state index is -1.32. The zero-order valence-electron chi connectivity index (χ0n) is 14.8. The first-order valence-electron chi connectivity index (χ1n) is 8.37. The zero-order valence-corrected chi connectivity index (χ0v) is 14.8. The van der Waals surface area contributed by atoms with Crippen LogP contribution in [-0.4, -0.2) is 27.8 Å². The number of pyridine rings is 1. The molecule has 3 rings (SSSR count). The molecule has 3 aromatic rings. The summed E-state index contributed by atoms with van der Waals surface area (Å²) in [6.07, 6.45) is 0. The largest absolute Gasteiger partial charge is 0.489 e. The van der Waals surface area contributed by atoms with Gasteiger partial charge in [0.15, 0.2) is 0 Å². The summed E-state index contributed by atoms with van der Waals surface area (Å²) in [4.78, 5) is 15.9. The van der Waals surface area contributed by atoms with Gasteiger partial charge in [-0.2, -0.15) is 0 Å². The minimum Gasteiger partial charge on any atom is -0.489 e. The van der Waals surface area contributed by atoms with Crippen LogP contribution >= 0.6 is 0 Å². The summed E-state index contributed by atoms with van der Waals surface area (Å²) in [5.74, 6) is -0.426. The Morgan fingerprint density at radius 3 is 2.50 bits per heavy atom. The molecule has 0 saturated carbocycles. The van der Waals surface area contributed by atoms with E-state index >= 15 is 0 Å². The van der Waals surface area contributed by atoms with E-state index in [0.717, 1.165) is 22.2 Å². The molecule has 1 aromatic heterocycles. The molecule has 1 heterocycles. The van der Waals surface area contributed by atoms with Gasteiger partial charge in [0.1, 0.15) is 17.8 Å². The predicted octanol–water partition coefficient (Wildman–Crippen LogP) is 3.46. The lowest BCUT2D eigenvalue weighted by molar-refractivity contribution is -0.144. The van der Waals surface area contributed by atoms with Gasteiger partial charge in [0.25, 0.3) is 0 Å². The monoisotopic (exact) mass is 351 g/mol. The van der Waals surface area contributed by atoms with Crippen molar-refractivity contribution in [1.82, 2.24) is 4.98 Å². The molecule has 0 aliphatic rings. The van der Waals surface area contributed by atoms with Crippen molar-refractivity contribution in [2.24, 2.45) is 0 Å². The number of carboxylic acids is 1. The minimum absolute atomic E-state index is 0.388. The first-order valence-corrected chi connectivity index (χ1v) is 8.37. The Morgan fingerprint density at radius 2 is 1.85 bits per heavy atom. The topological polar surface area (TPSA) is 79.7 Å². The van der Waals surface area contributed by atoms with Gasteiger partial charge < -0.3 is 14.9 Å². The molecule has 0 saturated heterocycles. The maximum absolute atomic E-state index is 11.4. The van der Waals surface area contributed by atoms with Crippen molar-refractivity contribution >= 4 is 16.9 Å². The van der Waals surface area contributed by atoms with Crippen LogP contribution in [0, 0.1) is 6.92 Å². The van der Waals surface area contributed by atoms with Crippen molar-refractivity contribution in [3.05, 3.63) is 71.4 Å². The van der Waals surface area contributed by atoms with Crippen molar-refractivity contribution in [2.45, 2.75) is 25.9 Å². The number of carbonyl (C=O) groups is 1. The molecule has 0 aliphatic heterocycles. The van der Waals surface area contributed by atoms with Crippen LogP contribution in [0.4, 0.5) is 0 Å². The number of aliphatic carboxylic acids is 1. The number of aromatic nitrogens is 1. The predicted molar refractivity (Wildman–Crippen MR) is 99.3 cm³/mol. The number of fused-ring (bicyclic) bond motifs is 1. The van der Waals surface area contributed by atoms with Crippen molar-refractivity contribution in [3.8, 4) is 5.75 Å². The molecule has 5 heteroatoms. The summed E-state index contributed by atoms with van der Waals surface area (Å²) in [5, 5.41) is 19.8. The molecular weight excluding hydrogens is 330 g/mol. The highest BCUT2D eigenvalue weighted by Gasteiger charge is 2.34. The highest BCUT2D eigenvalue weighted by atomic mass is 16.5. The Balaban J connectivity index is 1.80. The number of ether oxygens (including phenoxy) is 1. The molecule has 0 amide bonds. The summed E-state index contributed by atoms with van der Waals surface area (Å²) >= 11 is 0. The lowest BCUT2D eigenvalue weighted by Gasteiger charge is -2.22. The molecule has 26 heavy (non-hydrogen) atoms. The van der Waals surface area contributed by atoms with Crippen molar-refractivity contribution in [3.63, 3.8) is 0 Å². The van der Waals surface area contributed by atoms with Crippen LogP contribution in [-0.2, 0) is 16.8 Å². The van der Waals surface area contributed by atoms with E-state index in [4.69, 9.17) is 4.74 Å². The second kappa shape index (κ2) is 7.14. The number of hydrogen-bond donors (Lipinski definition) is 2. The number of carboxylic acid groups (broad SMARTS) is 1. The quantitative estimate of drug-likeness (QED) is 0.711. The lowest BCUT2D eigenvalue weighted by atomic mass is 9.83. The van der Waals surface area contributed by atoms with E-state index < -0.39 is 18.0 Å². The third kappa shape index (κ3) is 3.39. The summed E-state index contributed by atoms with van der Waals surface area (Å²) in [6.45, 7) is 3.37. The van der Waals surface area contributed by atoms with Gasteiger partial charge in [0, 0.05) is 16.6 Å². The Bertz CT molecular complexity index is 936. The maximum atomic E-state index is 11.4. The fourth-order valence-corrected chi connectivity index (χ4v) is 2.88. The molecule has 0 aliphatic carbocycles. The van der Waals surface area contributed by atoms with E-state index in [0.29, 0.717) is 17.9 Å². The van der Waals surface area contributed by atoms with Gasteiger partial charge in [-0.25, -0.2) is 0 Å². The standard InChI is InChI=1S/C21H21NO4/c1-14-11-15(18-5-3-4-6-19(18)22-14)12-26-17-9-7-16(8-10-17)21(2,13-23)20(24)25/h3-11,23H,12-13H2,1-2H3,(H,24,25). The molecular formula is C21H21NO4. The molecule has 5 nitrogen and oxygen atoms in total. The number of hydrogen-bond acceptors (Lipinski definition) is 4. The zero-order chi connectivity index (χ0) is 18.7. The molecule has 0 radical (unpaired) electrons. The average Bonchev–Trinajstić information content (AvgIpc) is 2.65. The van der Waals surface area contributed by atoms with Crippen LogP contribution in [0.1, 0.15) is 23.7 Å². The smallest absolute Gasteiger partial charge is 0.316 e. The van der Waals surface area contributed by atoms with Crippen LogP contribution in [0.2, 0.25) is 0 Å². The van der Waals surface area contributed by atoms with Crippen LogP contribution < -0.4 is 4.74 Å². The fourth-order valence-electron chi connectivity index (χ4n) is 2.88. The molecule has 2 aromatic carbocycles. The molecule has 1 unspecified atom stereocenters. The first-order chi connectivity index (χ1) is 12.4. The Morgan fingerprint density at radius 1 is 1.15 bits per heavy atom. The van der Waals surface area contributed by atoms with Crippen LogP contribution in [0.15, 0.2) is 54.6 Å². The molecule has 2 N–H and O–H groups in total. The summed E-state index contributed by atoms with van der Waals surface area (Å²) in [7, 11) is 0. The number of nitrogens with zero attached hydrogens (tertiary/aromatic N) is 1. The van der Waals surface area contributed by atoms with Crippen molar-refractivity contribution in [1.29, 1.82) is 0 Å². The number of benzene rings is 2. The summed E-state index contributed by atoms with van der Waals surface area (Å²) < 4.78 is 5.88. The van der Waals surface area contributed by atoms with E-state index in [2.05, 4.69) is 4.98 Å². The van der Waals surface area contributed by atoms with Gasteiger partial charge in [0.2, 0.25) is 0 Å². The SMILES string of the molecule is Cc1cc(COc2ccc(C(C)(CO)C(=O)O)cc2)c2ccccc2n1. The molecule has 1 atom stereocenters. The van der Waals surface area contributed by atoms with Gasteiger partial charge in [0.05, 0.1) is 12.1 Å². The third-order valence-electron chi connectivity index (χ3n) is 4.60. The van der Waals surface area contributed by atoms with E-state index in [9.17, 15) is 15.0 Å². The second-order valence-electron chi connectivity index (χ2n) is 6.55. The second-order valence-corrected chi connectivity index (χ2v) is 6.55. The fraction of sp³-hybridized carbons (Fsp3) is 0.238. The lowest BCUT2D eigenvalue weighted by Crippen LogP contribution is -2.36. The van der Waals surface area contributed by atoms with E-state index in [-0.39, 0.29) is 0 Å². The third-order valence-corrected chi connectivity index (χ3v) is 4.60. The van der Waals surface area contributed by atoms with E-state index in [1.165, 1.54) is 6.92 Å². The normalized spacial score (nSPS) is 13.3. The highest BCUT2D eigenvalue weighted by molar-refractivity contribution is 5.82. The molecule has 0 bridgehead atoms. The van der Waals surface area contributed by atoms with Crippen LogP contribution in [0.5, 0.6) is 5.75 Å². The van der Waals surface area contributed by atoms with Crippen LogP contribution in [0.3, 0.4) is 0 Å². The van der Waals surface area contributed by atoms with Gasteiger partial charge in [-0.15, -0.1) is 0 Å². The highest BCUT2D eigenvalue weighted by Crippen LogP contribution is 2.26. The van der Waals surface area contributed by atoms with Crippen molar-refractivity contribution in [2.75, 3.05) is 6.61 Å². The van der Waals surface area contributed by atoms with Gasteiger partial charge in [-0.3, -0.25) is 9.78 Å². The maximum Gasteiger partial charge on any atom is 0.316 e. The summed E-state index contributed by atoms with van der Waals surface area (Å²) in [6, 6.07) is 16.7. The van der Waals surface area contributed by atoms with E-state index in [1.54, 1.807) is 24.3 Å². The molecule has 0 fully saturated rings. The molecule has 0 spiro atoms. The Labute approximate surface area is 151 Å². The Hall–Kier alpha value is -2.92. The van der Waals surface area contributed by atoms with Crippen LogP contribution in [0.25, 0.3) is 10.9 Å². The van der Waals surface area contributed by atoms with Crippen molar-refractivity contribution < 1.29 is 19.7 Å². The summed E-state index contributed by atoms with van der Waals surface area (Å²) in [5.41, 5.74) is 2.11. The number of para-hydroxylation sites is 1. The number of aliphatic hydroxyl groups is 1. The van der Waals surface area contributed by atoms with Gasteiger partial charge in [-0.05, 0) is 43.7 Å².